The molecule has 1 N–H and O–H groups in total. The molecule has 2 aromatic carbocycles. The lowest BCUT2D eigenvalue weighted by atomic mass is 10.2. The van der Waals surface area contributed by atoms with Crippen LogP contribution in [0.5, 0.6) is 0 Å². The summed E-state index contributed by atoms with van der Waals surface area (Å²) in [6.45, 7) is 5.41. The molecule has 0 spiro atoms. The van der Waals surface area contributed by atoms with Crippen LogP contribution in [0.4, 0.5) is 11.4 Å². The first-order valence-electron chi connectivity index (χ1n) is 8.71. The zero-order valence-electron chi connectivity index (χ0n) is 15.7. The number of esters is 1. The Hall–Kier alpha value is -3.12. The van der Waals surface area contributed by atoms with Gasteiger partial charge in [-0.05, 0) is 62.7 Å². The van der Waals surface area contributed by atoms with E-state index in [4.69, 9.17) is 16.3 Å². The summed E-state index contributed by atoms with van der Waals surface area (Å²) in [5.41, 5.74) is 2.26. The third kappa shape index (κ3) is 3.92. The quantitative estimate of drug-likeness (QED) is 0.608. The summed E-state index contributed by atoms with van der Waals surface area (Å²) >= 11 is 6.13. The third-order valence-corrected chi connectivity index (χ3v) is 4.37. The predicted molar refractivity (Wildman–Crippen MR) is 107 cm³/mol. The highest BCUT2D eigenvalue weighted by Crippen LogP contribution is 2.30. The number of benzene rings is 2. The van der Waals surface area contributed by atoms with E-state index in [-0.39, 0.29) is 16.8 Å². The minimum absolute atomic E-state index is 0.00863. The minimum atomic E-state index is -0.586. The summed E-state index contributed by atoms with van der Waals surface area (Å²) in [7, 11) is 0. The maximum absolute atomic E-state index is 12.8. The van der Waals surface area contributed by atoms with Crippen molar-refractivity contribution in [3.8, 4) is 0 Å². The Morgan fingerprint density at radius 2 is 1.75 bits per heavy atom. The Bertz CT molecular complexity index is 980. The van der Waals surface area contributed by atoms with Gasteiger partial charge in [0.1, 0.15) is 10.7 Å². The number of anilines is 2. The molecule has 0 aromatic heterocycles. The highest BCUT2D eigenvalue weighted by atomic mass is 35.5. The molecule has 1 aliphatic rings. The Balaban J connectivity index is 1.79. The number of amides is 2. The Morgan fingerprint density at radius 1 is 1.07 bits per heavy atom. The summed E-state index contributed by atoms with van der Waals surface area (Å²) in [6, 6.07) is 13.4. The van der Waals surface area contributed by atoms with Crippen LogP contribution in [-0.4, -0.2) is 23.9 Å². The van der Waals surface area contributed by atoms with Gasteiger partial charge in [0.15, 0.2) is 0 Å². The van der Waals surface area contributed by atoms with Crippen LogP contribution in [0.25, 0.3) is 0 Å². The molecule has 2 amide bonds. The van der Waals surface area contributed by atoms with Gasteiger partial charge < -0.3 is 10.1 Å². The Morgan fingerprint density at radius 3 is 2.36 bits per heavy atom. The van der Waals surface area contributed by atoms with E-state index in [0.29, 0.717) is 16.9 Å². The van der Waals surface area contributed by atoms with Gasteiger partial charge in [-0.3, -0.25) is 9.59 Å². The van der Waals surface area contributed by atoms with Crippen LogP contribution in [0.15, 0.2) is 59.3 Å². The van der Waals surface area contributed by atoms with Crippen LogP contribution < -0.4 is 10.2 Å². The number of rotatable bonds is 5. The van der Waals surface area contributed by atoms with Crippen molar-refractivity contribution in [2.45, 2.75) is 26.9 Å². The molecule has 1 aliphatic heterocycles. The second-order valence-electron chi connectivity index (χ2n) is 6.63. The monoisotopic (exact) mass is 398 g/mol. The molecule has 7 heteroatoms. The third-order valence-electron chi connectivity index (χ3n) is 4.02. The van der Waals surface area contributed by atoms with E-state index in [1.54, 1.807) is 56.3 Å². The summed E-state index contributed by atoms with van der Waals surface area (Å²) in [5, 5.41) is 2.69. The first-order valence-corrected chi connectivity index (χ1v) is 9.09. The first kappa shape index (κ1) is 19.6. The summed E-state index contributed by atoms with van der Waals surface area (Å²) in [5.74, 6) is -1.56. The van der Waals surface area contributed by atoms with E-state index in [0.717, 1.165) is 10.5 Å². The number of hydrogen-bond acceptors (Lipinski definition) is 5. The molecule has 144 valence electrons. The van der Waals surface area contributed by atoms with E-state index in [1.165, 1.54) is 0 Å². The zero-order valence-corrected chi connectivity index (χ0v) is 16.4. The van der Waals surface area contributed by atoms with Crippen LogP contribution in [0.1, 0.15) is 29.8 Å². The van der Waals surface area contributed by atoms with Crippen LogP contribution in [0.3, 0.4) is 0 Å². The normalized spacial score (nSPS) is 14.1. The Labute approximate surface area is 167 Å². The van der Waals surface area contributed by atoms with Gasteiger partial charge >= 0.3 is 5.97 Å². The average Bonchev–Trinajstić information content (AvgIpc) is 2.85. The van der Waals surface area contributed by atoms with Crippen molar-refractivity contribution in [1.29, 1.82) is 0 Å². The molecule has 2 aromatic rings. The van der Waals surface area contributed by atoms with Crippen LogP contribution in [0, 0.1) is 6.92 Å². The number of carbonyl (C=O) groups excluding carboxylic acids is 3. The SMILES string of the molecule is Cc1cccc(N2C(=O)C(Cl)=C(Nc3ccc(C(=O)OC(C)C)cc3)C2=O)c1. The van der Waals surface area contributed by atoms with Gasteiger partial charge in [0.05, 0.1) is 17.4 Å². The average molecular weight is 399 g/mol. The molecule has 0 atom stereocenters. The number of halogens is 1. The first-order chi connectivity index (χ1) is 13.3. The number of carbonyl (C=O) groups is 3. The fourth-order valence-electron chi connectivity index (χ4n) is 2.73. The van der Waals surface area contributed by atoms with Crippen LogP contribution in [-0.2, 0) is 14.3 Å². The fraction of sp³-hybridized carbons (Fsp3) is 0.190. The van der Waals surface area contributed by atoms with Crippen molar-refractivity contribution in [2.24, 2.45) is 0 Å². The number of nitrogens with zero attached hydrogens (tertiary/aromatic N) is 1. The lowest BCUT2D eigenvalue weighted by molar-refractivity contribution is -0.120. The molecule has 0 unspecified atom stereocenters. The second-order valence-corrected chi connectivity index (χ2v) is 7.01. The van der Waals surface area contributed by atoms with Crippen molar-refractivity contribution in [3.05, 3.63) is 70.4 Å². The predicted octanol–water partition coefficient (Wildman–Crippen LogP) is 4.00. The van der Waals surface area contributed by atoms with Crippen molar-refractivity contribution in [2.75, 3.05) is 10.2 Å². The number of ether oxygens (including phenoxy) is 1. The molecule has 0 radical (unpaired) electrons. The topological polar surface area (TPSA) is 75.7 Å². The molecule has 0 saturated heterocycles. The number of aryl methyl sites for hydroxylation is 1. The standard InChI is InChI=1S/C21H19ClN2O4/c1-12(2)28-21(27)14-7-9-15(10-8-14)23-18-17(22)19(25)24(20(18)26)16-6-4-5-13(3)11-16/h4-12,23H,1-3H3. The molecule has 0 fully saturated rings. The van der Waals surface area contributed by atoms with E-state index in [9.17, 15) is 14.4 Å². The van der Waals surface area contributed by atoms with E-state index in [1.807, 2.05) is 13.0 Å². The molecule has 6 nitrogen and oxygen atoms in total. The van der Waals surface area contributed by atoms with E-state index in [2.05, 4.69) is 5.32 Å². The van der Waals surface area contributed by atoms with Gasteiger partial charge in [-0.1, -0.05) is 23.7 Å². The van der Waals surface area contributed by atoms with Gasteiger partial charge in [-0.15, -0.1) is 0 Å². The maximum Gasteiger partial charge on any atom is 0.338 e. The van der Waals surface area contributed by atoms with Crippen molar-refractivity contribution in [1.82, 2.24) is 0 Å². The largest absolute Gasteiger partial charge is 0.459 e. The summed E-state index contributed by atoms with van der Waals surface area (Å²) < 4.78 is 5.14. The van der Waals surface area contributed by atoms with Crippen molar-refractivity contribution >= 4 is 40.8 Å². The smallest absolute Gasteiger partial charge is 0.338 e. The lowest BCUT2D eigenvalue weighted by Gasteiger charge is -2.15. The van der Waals surface area contributed by atoms with Gasteiger partial charge in [0, 0.05) is 5.69 Å². The van der Waals surface area contributed by atoms with Gasteiger partial charge in [-0.2, -0.15) is 0 Å². The number of imide groups is 1. The molecule has 0 saturated carbocycles. The highest BCUT2D eigenvalue weighted by molar-refractivity contribution is 6.53. The molecule has 0 bridgehead atoms. The minimum Gasteiger partial charge on any atom is -0.459 e. The molecular formula is C21H19ClN2O4. The highest BCUT2D eigenvalue weighted by Gasteiger charge is 2.38. The van der Waals surface area contributed by atoms with Crippen LogP contribution >= 0.6 is 11.6 Å². The summed E-state index contributed by atoms with van der Waals surface area (Å²) in [6.07, 6.45) is -0.219. The maximum atomic E-state index is 12.8. The van der Waals surface area contributed by atoms with Gasteiger partial charge in [0.2, 0.25) is 0 Å². The van der Waals surface area contributed by atoms with E-state index < -0.39 is 17.8 Å². The number of nitrogens with one attached hydrogen (secondary N) is 1. The molecule has 3 rings (SSSR count). The van der Waals surface area contributed by atoms with Crippen LogP contribution in [0.2, 0.25) is 0 Å². The van der Waals surface area contributed by atoms with E-state index >= 15 is 0 Å². The fourth-order valence-corrected chi connectivity index (χ4v) is 2.94. The molecule has 1 heterocycles. The number of hydrogen-bond donors (Lipinski definition) is 1. The van der Waals surface area contributed by atoms with Gasteiger partial charge in [0.25, 0.3) is 11.8 Å². The second kappa shape index (κ2) is 7.86. The molecule has 28 heavy (non-hydrogen) atoms. The van der Waals surface area contributed by atoms with Crippen molar-refractivity contribution < 1.29 is 19.1 Å². The zero-order chi connectivity index (χ0) is 20.4. The van der Waals surface area contributed by atoms with Gasteiger partial charge in [-0.25, -0.2) is 9.69 Å². The summed E-state index contributed by atoms with van der Waals surface area (Å²) in [4.78, 5) is 38.2. The van der Waals surface area contributed by atoms with Crippen molar-refractivity contribution in [3.63, 3.8) is 0 Å². The lowest BCUT2D eigenvalue weighted by Crippen LogP contribution is -2.32. The molecule has 0 aliphatic carbocycles. The Kier molecular flexibility index (Phi) is 5.51. The molecular weight excluding hydrogens is 380 g/mol.